The second-order valence-electron chi connectivity index (χ2n) is 4.91. The lowest BCUT2D eigenvalue weighted by molar-refractivity contribution is -0.385. The van der Waals surface area contributed by atoms with E-state index in [9.17, 15) is 14.9 Å². The molecule has 2 aromatic carbocycles. The van der Waals surface area contributed by atoms with Crippen molar-refractivity contribution in [3.8, 4) is 5.75 Å². The minimum atomic E-state index is -0.741. The van der Waals surface area contributed by atoms with Crippen molar-refractivity contribution >= 4 is 33.2 Å². The number of nitro benzene ring substituents is 1. The summed E-state index contributed by atoms with van der Waals surface area (Å²) in [6.45, 7) is 3.21. The summed E-state index contributed by atoms with van der Waals surface area (Å²) in [7, 11) is 0. The van der Waals surface area contributed by atoms with Crippen LogP contribution in [-0.2, 0) is 4.79 Å². The van der Waals surface area contributed by atoms with E-state index in [0.717, 1.165) is 4.47 Å². The number of hydrogen-bond donors (Lipinski definition) is 1. The van der Waals surface area contributed by atoms with Crippen LogP contribution in [0.1, 0.15) is 12.5 Å². The lowest BCUT2D eigenvalue weighted by Gasteiger charge is -2.15. The van der Waals surface area contributed by atoms with Gasteiger partial charge in [-0.2, -0.15) is 0 Å². The third-order valence-electron chi connectivity index (χ3n) is 3.26. The molecule has 0 aliphatic rings. The Morgan fingerprint density at radius 1 is 1.26 bits per heavy atom. The highest BCUT2D eigenvalue weighted by molar-refractivity contribution is 9.10. The summed E-state index contributed by atoms with van der Waals surface area (Å²) in [4.78, 5) is 22.6. The topological polar surface area (TPSA) is 81.5 Å². The average Bonchev–Trinajstić information content (AvgIpc) is 2.51. The summed E-state index contributed by atoms with van der Waals surface area (Å²) in [6, 6.07) is 11.6. The molecule has 0 radical (unpaired) electrons. The normalized spacial score (nSPS) is 11.6. The van der Waals surface area contributed by atoms with Crippen LogP contribution in [0.3, 0.4) is 0 Å². The molecule has 0 aliphatic carbocycles. The van der Waals surface area contributed by atoms with E-state index in [1.165, 1.54) is 12.1 Å². The zero-order chi connectivity index (χ0) is 17.0. The maximum absolute atomic E-state index is 12.2. The van der Waals surface area contributed by atoms with Crippen LogP contribution in [-0.4, -0.2) is 16.9 Å². The van der Waals surface area contributed by atoms with Crippen LogP contribution in [0.25, 0.3) is 0 Å². The van der Waals surface area contributed by atoms with Gasteiger partial charge in [-0.05, 0) is 44.2 Å². The Kier molecular flexibility index (Phi) is 5.33. The van der Waals surface area contributed by atoms with E-state index in [1.807, 2.05) is 12.1 Å². The van der Waals surface area contributed by atoms with Crippen LogP contribution in [0.15, 0.2) is 46.9 Å². The first-order valence-electron chi connectivity index (χ1n) is 6.85. The molecule has 0 fully saturated rings. The summed E-state index contributed by atoms with van der Waals surface area (Å²) in [6.07, 6.45) is -0.741. The summed E-state index contributed by atoms with van der Waals surface area (Å²) in [5, 5.41) is 13.6. The van der Waals surface area contributed by atoms with Crippen molar-refractivity contribution in [1.29, 1.82) is 0 Å². The Morgan fingerprint density at radius 3 is 2.52 bits per heavy atom. The number of carbonyl (C=O) groups is 1. The number of halogens is 1. The molecule has 2 rings (SSSR count). The smallest absolute Gasteiger partial charge is 0.274 e. The van der Waals surface area contributed by atoms with Crippen LogP contribution < -0.4 is 10.1 Å². The van der Waals surface area contributed by atoms with Crippen molar-refractivity contribution in [2.45, 2.75) is 20.0 Å². The molecule has 0 aromatic heterocycles. The lowest BCUT2D eigenvalue weighted by Crippen LogP contribution is -2.30. The summed E-state index contributed by atoms with van der Waals surface area (Å²) < 4.78 is 6.47. The Bertz CT molecular complexity index is 731. The molecule has 120 valence electrons. The molecule has 1 atom stereocenters. The molecule has 0 spiro atoms. The van der Waals surface area contributed by atoms with E-state index in [4.69, 9.17) is 4.74 Å². The fraction of sp³-hybridized carbons (Fsp3) is 0.188. The average molecular weight is 379 g/mol. The molecule has 0 saturated heterocycles. The zero-order valence-electron chi connectivity index (χ0n) is 12.6. The number of rotatable bonds is 5. The molecule has 23 heavy (non-hydrogen) atoms. The molecule has 6 nitrogen and oxygen atoms in total. The fourth-order valence-corrected chi connectivity index (χ4v) is 2.23. The van der Waals surface area contributed by atoms with Gasteiger partial charge in [0.1, 0.15) is 5.75 Å². The monoisotopic (exact) mass is 378 g/mol. The van der Waals surface area contributed by atoms with Gasteiger partial charge in [0.15, 0.2) is 6.10 Å². The molecule has 7 heteroatoms. The highest BCUT2D eigenvalue weighted by atomic mass is 79.9. The van der Waals surface area contributed by atoms with Crippen molar-refractivity contribution in [1.82, 2.24) is 0 Å². The predicted octanol–water partition coefficient (Wildman–Crippen LogP) is 4.07. The van der Waals surface area contributed by atoms with E-state index in [0.29, 0.717) is 17.0 Å². The SMILES string of the molecule is Cc1c(NC(=O)[C@H](C)Oc2ccc(Br)cc2)cccc1[N+](=O)[O-]. The van der Waals surface area contributed by atoms with Gasteiger partial charge in [0.05, 0.1) is 16.2 Å². The first-order chi connectivity index (χ1) is 10.9. The van der Waals surface area contributed by atoms with E-state index in [1.54, 1.807) is 32.0 Å². The van der Waals surface area contributed by atoms with Gasteiger partial charge in [0, 0.05) is 10.5 Å². The zero-order valence-corrected chi connectivity index (χ0v) is 14.2. The van der Waals surface area contributed by atoms with E-state index in [2.05, 4.69) is 21.2 Å². The van der Waals surface area contributed by atoms with Gasteiger partial charge in [0.25, 0.3) is 11.6 Å². The molecule has 2 aromatic rings. The highest BCUT2D eigenvalue weighted by Crippen LogP contribution is 2.25. The van der Waals surface area contributed by atoms with E-state index < -0.39 is 11.0 Å². The highest BCUT2D eigenvalue weighted by Gasteiger charge is 2.19. The van der Waals surface area contributed by atoms with Gasteiger partial charge in [-0.15, -0.1) is 0 Å². The lowest BCUT2D eigenvalue weighted by atomic mass is 10.1. The summed E-state index contributed by atoms with van der Waals surface area (Å²) in [5.41, 5.74) is 0.765. The van der Waals surface area contributed by atoms with Gasteiger partial charge in [-0.1, -0.05) is 22.0 Å². The minimum absolute atomic E-state index is 0.0377. The molecular weight excluding hydrogens is 364 g/mol. The number of hydrogen-bond acceptors (Lipinski definition) is 4. The van der Waals surface area contributed by atoms with Crippen LogP contribution >= 0.6 is 15.9 Å². The van der Waals surface area contributed by atoms with Crippen molar-refractivity contribution in [2.75, 3.05) is 5.32 Å². The fourth-order valence-electron chi connectivity index (χ4n) is 1.96. The Hall–Kier alpha value is -2.41. The van der Waals surface area contributed by atoms with E-state index in [-0.39, 0.29) is 11.6 Å². The molecule has 0 bridgehead atoms. The second-order valence-corrected chi connectivity index (χ2v) is 5.83. The number of nitrogens with one attached hydrogen (secondary N) is 1. The van der Waals surface area contributed by atoms with Crippen LogP contribution in [0.4, 0.5) is 11.4 Å². The summed E-state index contributed by atoms with van der Waals surface area (Å²) >= 11 is 3.32. The second kappa shape index (κ2) is 7.23. The Labute approximate surface area is 141 Å². The number of nitro groups is 1. The van der Waals surface area contributed by atoms with E-state index >= 15 is 0 Å². The van der Waals surface area contributed by atoms with Crippen LogP contribution in [0.2, 0.25) is 0 Å². The van der Waals surface area contributed by atoms with Gasteiger partial charge in [0.2, 0.25) is 0 Å². The number of carbonyl (C=O) groups excluding carboxylic acids is 1. The third kappa shape index (κ3) is 4.29. The standard InChI is InChI=1S/C16H15BrN2O4/c1-10-14(4-3-5-15(10)19(21)22)18-16(20)11(2)23-13-8-6-12(17)7-9-13/h3-9,11H,1-2H3,(H,18,20)/t11-/m0/s1. The minimum Gasteiger partial charge on any atom is -0.481 e. The quantitative estimate of drug-likeness (QED) is 0.627. The molecule has 1 N–H and O–H groups in total. The van der Waals surface area contributed by atoms with Crippen molar-refractivity contribution in [3.63, 3.8) is 0 Å². The molecular formula is C16H15BrN2O4. The first-order valence-corrected chi connectivity index (χ1v) is 7.65. The molecule has 0 heterocycles. The van der Waals surface area contributed by atoms with Crippen LogP contribution in [0, 0.1) is 17.0 Å². The van der Waals surface area contributed by atoms with Crippen molar-refractivity contribution in [3.05, 3.63) is 62.6 Å². The van der Waals surface area contributed by atoms with Crippen LogP contribution in [0.5, 0.6) is 5.75 Å². The number of amides is 1. The number of anilines is 1. The Balaban J connectivity index is 2.08. The number of benzene rings is 2. The maximum Gasteiger partial charge on any atom is 0.274 e. The van der Waals surface area contributed by atoms with Crippen molar-refractivity contribution < 1.29 is 14.5 Å². The van der Waals surface area contributed by atoms with Crippen molar-refractivity contribution in [2.24, 2.45) is 0 Å². The number of ether oxygens (including phenoxy) is 1. The third-order valence-corrected chi connectivity index (χ3v) is 3.78. The van der Waals surface area contributed by atoms with Gasteiger partial charge in [-0.3, -0.25) is 14.9 Å². The Morgan fingerprint density at radius 2 is 1.91 bits per heavy atom. The predicted molar refractivity (Wildman–Crippen MR) is 90.7 cm³/mol. The van der Waals surface area contributed by atoms with Gasteiger partial charge >= 0.3 is 0 Å². The molecule has 0 aliphatic heterocycles. The molecule has 0 saturated carbocycles. The number of nitrogens with zero attached hydrogens (tertiary/aromatic N) is 1. The van der Waals surface area contributed by atoms with Gasteiger partial charge < -0.3 is 10.1 Å². The molecule has 1 amide bonds. The van der Waals surface area contributed by atoms with Gasteiger partial charge in [-0.25, -0.2) is 0 Å². The summed E-state index contributed by atoms with van der Waals surface area (Å²) in [5.74, 6) is 0.183. The first kappa shape index (κ1) is 17.0. The maximum atomic E-state index is 12.2. The molecule has 0 unspecified atom stereocenters. The largest absolute Gasteiger partial charge is 0.481 e.